The topological polar surface area (TPSA) is 17.1 Å². The highest BCUT2D eigenvalue weighted by atomic mass is 32.2. The summed E-state index contributed by atoms with van der Waals surface area (Å²) in [4.78, 5) is 10.2. The van der Waals surface area contributed by atoms with Crippen LogP contribution in [-0.4, -0.2) is 17.8 Å². The van der Waals surface area contributed by atoms with Gasteiger partial charge in [-0.25, -0.2) is 0 Å². The van der Waals surface area contributed by atoms with Gasteiger partial charge in [0.1, 0.15) is 6.29 Å². The van der Waals surface area contributed by atoms with Gasteiger partial charge in [0, 0.05) is 5.75 Å². The van der Waals surface area contributed by atoms with E-state index in [2.05, 4.69) is 44.2 Å². The fourth-order valence-electron chi connectivity index (χ4n) is 1.94. The molecule has 1 aromatic carbocycles. The summed E-state index contributed by atoms with van der Waals surface area (Å²) in [6.45, 7) is 4.61. The second kappa shape index (κ2) is 7.54. The maximum absolute atomic E-state index is 10.2. The molecule has 1 aromatic rings. The van der Waals surface area contributed by atoms with Crippen molar-refractivity contribution >= 4 is 18.0 Å². The largest absolute Gasteiger partial charge is 0.302 e. The molecule has 0 aliphatic heterocycles. The molecule has 0 saturated carbocycles. The van der Waals surface area contributed by atoms with Crippen molar-refractivity contribution in [3.05, 3.63) is 35.9 Å². The number of rotatable bonds is 8. The minimum atomic E-state index is 0.261. The average molecular weight is 250 g/mol. The molecule has 0 N–H and O–H groups in total. The predicted molar refractivity (Wildman–Crippen MR) is 76.7 cm³/mol. The van der Waals surface area contributed by atoms with Crippen molar-refractivity contribution in [1.82, 2.24) is 0 Å². The van der Waals surface area contributed by atoms with Gasteiger partial charge in [0.15, 0.2) is 0 Å². The molecule has 0 aliphatic rings. The molecule has 0 amide bonds. The van der Waals surface area contributed by atoms with E-state index in [9.17, 15) is 4.79 Å². The zero-order chi connectivity index (χ0) is 12.6. The van der Waals surface area contributed by atoms with Crippen LogP contribution in [-0.2, 0) is 10.2 Å². The maximum Gasteiger partial charge on any atom is 0.129 e. The van der Waals surface area contributed by atoms with Crippen molar-refractivity contribution in [3.8, 4) is 0 Å². The predicted octanol–water partition coefficient (Wildman–Crippen LogP) is 4.07. The molecule has 1 rings (SSSR count). The van der Waals surface area contributed by atoms with Gasteiger partial charge < -0.3 is 4.79 Å². The highest BCUT2D eigenvalue weighted by Crippen LogP contribution is 2.28. The molecular weight excluding hydrogens is 228 g/mol. The summed E-state index contributed by atoms with van der Waals surface area (Å²) in [5, 5.41) is 0. The summed E-state index contributed by atoms with van der Waals surface area (Å²) < 4.78 is 0. The van der Waals surface area contributed by atoms with Crippen molar-refractivity contribution < 1.29 is 4.79 Å². The van der Waals surface area contributed by atoms with Gasteiger partial charge in [0.2, 0.25) is 0 Å². The highest BCUT2D eigenvalue weighted by molar-refractivity contribution is 7.99. The van der Waals surface area contributed by atoms with E-state index in [4.69, 9.17) is 0 Å². The SMILES string of the molecule is CC(C)(CCCCSCC=O)c1ccccc1. The van der Waals surface area contributed by atoms with E-state index < -0.39 is 0 Å². The number of carbonyl (C=O) groups excluding carboxylic acids is 1. The standard InChI is InChI=1S/C15H22OS/c1-15(2,14-8-4-3-5-9-14)10-6-7-12-17-13-11-16/h3-5,8-9,11H,6-7,10,12-13H2,1-2H3. The molecule has 0 aliphatic carbocycles. The Bertz CT molecular complexity index is 319. The third kappa shape index (κ3) is 5.40. The molecular formula is C15H22OS. The number of thioether (sulfide) groups is 1. The maximum atomic E-state index is 10.2. The quantitative estimate of drug-likeness (QED) is 0.511. The molecule has 1 nitrogen and oxygen atoms in total. The molecule has 0 heterocycles. The van der Waals surface area contributed by atoms with Crippen LogP contribution in [0.5, 0.6) is 0 Å². The number of unbranched alkanes of at least 4 members (excludes halogenated alkanes) is 1. The van der Waals surface area contributed by atoms with Crippen LogP contribution in [0.1, 0.15) is 38.7 Å². The number of benzene rings is 1. The molecule has 0 saturated heterocycles. The lowest BCUT2D eigenvalue weighted by Gasteiger charge is -2.25. The number of hydrogen-bond donors (Lipinski definition) is 0. The molecule has 0 bridgehead atoms. The first-order chi connectivity index (χ1) is 8.17. The molecule has 94 valence electrons. The fraction of sp³-hybridized carbons (Fsp3) is 0.533. The Hall–Kier alpha value is -0.760. The lowest BCUT2D eigenvalue weighted by atomic mass is 9.80. The van der Waals surface area contributed by atoms with Gasteiger partial charge in [-0.3, -0.25) is 0 Å². The summed E-state index contributed by atoms with van der Waals surface area (Å²) in [6.07, 6.45) is 4.62. The van der Waals surface area contributed by atoms with Gasteiger partial charge in [-0.15, -0.1) is 0 Å². The molecule has 2 heteroatoms. The van der Waals surface area contributed by atoms with E-state index in [1.165, 1.54) is 24.8 Å². The normalized spacial score (nSPS) is 11.4. The number of hydrogen-bond acceptors (Lipinski definition) is 2. The van der Waals surface area contributed by atoms with Crippen LogP contribution < -0.4 is 0 Å². The van der Waals surface area contributed by atoms with E-state index in [-0.39, 0.29) is 5.41 Å². The minimum absolute atomic E-state index is 0.261. The van der Waals surface area contributed by atoms with Crippen LogP contribution in [0.15, 0.2) is 30.3 Å². The molecule has 17 heavy (non-hydrogen) atoms. The summed E-state index contributed by atoms with van der Waals surface area (Å²) in [5.41, 5.74) is 1.68. The molecule has 0 radical (unpaired) electrons. The Balaban J connectivity index is 2.28. The van der Waals surface area contributed by atoms with Crippen LogP contribution in [0.2, 0.25) is 0 Å². The van der Waals surface area contributed by atoms with Gasteiger partial charge in [-0.05, 0) is 29.6 Å². The smallest absolute Gasteiger partial charge is 0.129 e. The molecule has 0 fully saturated rings. The van der Waals surface area contributed by atoms with Crippen LogP contribution in [0, 0.1) is 0 Å². The van der Waals surface area contributed by atoms with E-state index >= 15 is 0 Å². The van der Waals surface area contributed by atoms with Crippen LogP contribution in [0.3, 0.4) is 0 Å². The number of carbonyl (C=O) groups is 1. The summed E-state index contributed by atoms with van der Waals surface area (Å²) in [7, 11) is 0. The van der Waals surface area contributed by atoms with Crippen LogP contribution in [0.25, 0.3) is 0 Å². The lowest BCUT2D eigenvalue weighted by molar-refractivity contribution is -0.105. The van der Waals surface area contributed by atoms with E-state index in [0.29, 0.717) is 5.75 Å². The van der Waals surface area contributed by atoms with E-state index in [1.807, 2.05) is 0 Å². The van der Waals surface area contributed by atoms with Gasteiger partial charge in [-0.2, -0.15) is 11.8 Å². The van der Waals surface area contributed by atoms with Crippen molar-refractivity contribution in [2.75, 3.05) is 11.5 Å². The minimum Gasteiger partial charge on any atom is -0.302 e. The van der Waals surface area contributed by atoms with Crippen molar-refractivity contribution in [1.29, 1.82) is 0 Å². The Morgan fingerprint density at radius 3 is 2.53 bits per heavy atom. The summed E-state index contributed by atoms with van der Waals surface area (Å²) in [5.74, 6) is 1.74. The van der Waals surface area contributed by atoms with Gasteiger partial charge in [0.05, 0.1) is 0 Å². The van der Waals surface area contributed by atoms with Crippen molar-refractivity contribution in [2.24, 2.45) is 0 Å². The van der Waals surface area contributed by atoms with Gasteiger partial charge in [-0.1, -0.05) is 50.6 Å². The molecule has 0 spiro atoms. The lowest BCUT2D eigenvalue weighted by Crippen LogP contribution is -2.16. The first-order valence-corrected chi connectivity index (χ1v) is 7.39. The Labute approximate surface area is 109 Å². The molecule has 0 atom stereocenters. The second-order valence-corrected chi connectivity index (χ2v) is 6.10. The van der Waals surface area contributed by atoms with Crippen molar-refractivity contribution in [3.63, 3.8) is 0 Å². The van der Waals surface area contributed by atoms with Crippen LogP contribution >= 0.6 is 11.8 Å². The molecule has 0 unspecified atom stereocenters. The van der Waals surface area contributed by atoms with Crippen LogP contribution in [0.4, 0.5) is 0 Å². The Kier molecular flexibility index (Phi) is 6.35. The third-order valence-corrected chi connectivity index (χ3v) is 4.03. The van der Waals surface area contributed by atoms with Crippen molar-refractivity contribution in [2.45, 2.75) is 38.5 Å². The Morgan fingerprint density at radius 1 is 1.18 bits per heavy atom. The first kappa shape index (κ1) is 14.3. The molecule has 0 aromatic heterocycles. The van der Waals surface area contributed by atoms with E-state index in [0.717, 1.165) is 12.0 Å². The van der Waals surface area contributed by atoms with Gasteiger partial charge >= 0.3 is 0 Å². The zero-order valence-corrected chi connectivity index (χ0v) is 11.6. The Morgan fingerprint density at radius 2 is 1.88 bits per heavy atom. The fourth-order valence-corrected chi connectivity index (χ4v) is 2.61. The average Bonchev–Trinajstić information content (AvgIpc) is 2.35. The third-order valence-electron chi connectivity index (χ3n) is 3.08. The number of aldehydes is 1. The highest BCUT2D eigenvalue weighted by Gasteiger charge is 2.19. The monoisotopic (exact) mass is 250 g/mol. The second-order valence-electron chi connectivity index (χ2n) is 4.95. The first-order valence-electron chi connectivity index (χ1n) is 6.24. The summed E-state index contributed by atoms with van der Waals surface area (Å²) in [6, 6.07) is 10.7. The summed E-state index contributed by atoms with van der Waals surface area (Å²) >= 11 is 1.73. The van der Waals surface area contributed by atoms with E-state index in [1.54, 1.807) is 11.8 Å². The van der Waals surface area contributed by atoms with Gasteiger partial charge in [0.25, 0.3) is 0 Å². The zero-order valence-electron chi connectivity index (χ0n) is 10.8.